The summed E-state index contributed by atoms with van der Waals surface area (Å²) in [6.45, 7) is 2.22. The average molecular weight is 429 g/mol. The smallest absolute Gasteiger partial charge is 0.321 e. The molecule has 0 fully saturated rings. The number of hydrogen-bond acceptors (Lipinski definition) is 1. The van der Waals surface area contributed by atoms with Gasteiger partial charge < -0.3 is 9.79 Å². The second-order valence-electron chi connectivity index (χ2n) is 5.08. The number of benzene rings is 1. The van der Waals surface area contributed by atoms with Crippen LogP contribution in [0.15, 0.2) is 24.3 Å². The van der Waals surface area contributed by atoms with Crippen LogP contribution in [-0.2, 0) is 11.0 Å². The predicted molar refractivity (Wildman–Crippen MR) is 79.8 cm³/mol. The molecule has 0 aliphatic carbocycles. The molecule has 112 valence electrons. The van der Waals surface area contributed by atoms with Crippen LogP contribution < -0.4 is 5.30 Å². The molecule has 0 heterocycles. The van der Waals surface area contributed by atoms with Crippen LogP contribution in [0.3, 0.4) is 0 Å². The van der Waals surface area contributed by atoms with Gasteiger partial charge >= 0.3 is 7.60 Å². The Balaban J connectivity index is 0.00000361. The van der Waals surface area contributed by atoms with Gasteiger partial charge in [0.15, 0.2) is 0 Å². The van der Waals surface area contributed by atoms with Crippen molar-refractivity contribution in [1.29, 1.82) is 0 Å². The topological polar surface area (TPSA) is 57.5 Å². The molecule has 0 atom stereocenters. The van der Waals surface area contributed by atoms with Crippen molar-refractivity contribution < 1.29 is 55.2 Å². The maximum Gasteiger partial charge on any atom is 0.356 e. The Morgan fingerprint density at radius 2 is 1.40 bits per heavy atom. The molecule has 0 aromatic heterocycles. The van der Waals surface area contributed by atoms with Gasteiger partial charge in [-0.1, -0.05) is 57.6 Å². The quantitative estimate of drug-likeness (QED) is 0.465. The summed E-state index contributed by atoms with van der Waals surface area (Å²) in [6, 6.07) is 6.73. The van der Waals surface area contributed by atoms with Crippen LogP contribution >= 0.6 is 7.60 Å². The first-order chi connectivity index (χ1) is 9.04. The molecule has 20 heavy (non-hydrogen) atoms. The maximum atomic E-state index is 11.0. The Morgan fingerprint density at radius 1 is 0.900 bits per heavy atom. The maximum absolute atomic E-state index is 11.0. The summed E-state index contributed by atoms with van der Waals surface area (Å²) in [4.78, 5) is 18.0. The van der Waals surface area contributed by atoms with Gasteiger partial charge in [-0.25, -0.2) is 0 Å². The molecule has 0 saturated heterocycles. The van der Waals surface area contributed by atoms with Crippen LogP contribution in [0.4, 0.5) is 0 Å². The summed E-state index contributed by atoms with van der Waals surface area (Å²) in [5.41, 5.74) is 1.16. The van der Waals surface area contributed by atoms with Gasteiger partial charge in [0.1, 0.15) is 0 Å². The Kier molecular flexibility index (Phi) is 11.7. The second-order valence-corrected chi connectivity index (χ2v) is 6.69. The van der Waals surface area contributed by atoms with Crippen LogP contribution in [0.25, 0.3) is 0 Å². The van der Waals surface area contributed by atoms with Crippen LogP contribution in [0.1, 0.15) is 57.4 Å². The van der Waals surface area contributed by atoms with Crippen molar-refractivity contribution in [2.24, 2.45) is 0 Å². The molecular weight excluding hydrogens is 403 g/mol. The number of unbranched alkanes of at least 4 members (excludes halogenated alkanes) is 6. The van der Waals surface area contributed by atoms with E-state index in [4.69, 9.17) is 9.79 Å². The third-order valence-electron chi connectivity index (χ3n) is 3.34. The summed E-state index contributed by atoms with van der Waals surface area (Å²) in [6.07, 6.45) is 9.97. The van der Waals surface area contributed by atoms with E-state index in [0.717, 1.165) is 18.4 Å². The third-order valence-corrected chi connectivity index (χ3v) is 4.31. The number of hydrogen-bond donors (Lipinski definition) is 2. The standard InChI is InChI=1S/C15H25O3P.Nd/c1-2-3-4-5-6-7-8-9-14-10-12-15(13-11-14)19(16,17)18;/h10-13H,2-9H2,1H3,(H2,16,17,18);. The van der Waals surface area contributed by atoms with Crippen LogP contribution in [0.5, 0.6) is 0 Å². The van der Waals surface area contributed by atoms with Gasteiger partial charge in [-0.2, -0.15) is 0 Å². The van der Waals surface area contributed by atoms with Crippen molar-refractivity contribution in [1.82, 2.24) is 0 Å². The minimum Gasteiger partial charge on any atom is -0.321 e. The Hall–Kier alpha value is 0.721. The zero-order valence-electron chi connectivity index (χ0n) is 12.2. The van der Waals surface area contributed by atoms with E-state index in [1.807, 2.05) is 12.1 Å². The summed E-state index contributed by atoms with van der Waals surface area (Å²) in [7, 11) is -4.09. The molecule has 0 saturated carbocycles. The number of rotatable bonds is 9. The SMILES string of the molecule is CCCCCCCCCc1ccc(P(=O)(O)O)cc1.[Nd]. The van der Waals surface area contributed by atoms with Crippen molar-refractivity contribution in [2.45, 2.75) is 58.3 Å². The van der Waals surface area contributed by atoms with Gasteiger partial charge in [-0.3, -0.25) is 4.57 Å². The Morgan fingerprint density at radius 3 is 1.90 bits per heavy atom. The van der Waals surface area contributed by atoms with Crippen molar-refractivity contribution in [3.05, 3.63) is 29.8 Å². The van der Waals surface area contributed by atoms with Gasteiger partial charge in [-0.05, 0) is 30.5 Å². The summed E-state index contributed by atoms with van der Waals surface area (Å²) < 4.78 is 11.0. The molecule has 0 spiro atoms. The first kappa shape index (κ1) is 20.7. The van der Waals surface area contributed by atoms with E-state index in [1.165, 1.54) is 50.7 Å². The molecule has 0 aliphatic rings. The fourth-order valence-corrected chi connectivity index (χ4v) is 2.68. The average Bonchev–Trinajstić information content (AvgIpc) is 2.37. The second kappa shape index (κ2) is 11.3. The molecule has 0 radical (unpaired) electrons. The molecule has 0 amide bonds. The predicted octanol–water partition coefficient (Wildman–Crippen LogP) is 3.78. The van der Waals surface area contributed by atoms with Gasteiger partial charge in [0.2, 0.25) is 0 Å². The Bertz CT molecular complexity index is 400. The van der Waals surface area contributed by atoms with Gasteiger partial charge in [0.25, 0.3) is 0 Å². The normalized spacial score (nSPS) is 11.2. The van der Waals surface area contributed by atoms with Gasteiger partial charge in [0, 0.05) is 40.8 Å². The van der Waals surface area contributed by atoms with Gasteiger partial charge in [-0.15, -0.1) is 0 Å². The molecule has 0 bridgehead atoms. The van der Waals surface area contributed by atoms with Gasteiger partial charge in [0.05, 0.1) is 5.30 Å². The van der Waals surface area contributed by atoms with E-state index >= 15 is 0 Å². The fraction of sp³-hybridized carbons (Fsp3) is 0.600. The van der Waals surface area contributed by atoms with E-state index in [9.17, 15) is 4.57 Å². The van der Waals surface area contributed by atoms with Crippen LogP contribution in [0.2, 0.25) is 0 Å². The first-order valence-electron chi connectivity index (χ1n) is 7.19. The summed E-state index contributed by atoms with van der Waals surface area (Å²) >= 11 is 0. The van der Waals surface area contributed by atoms with E-state index in [-0.39, 0.29) is 46.1 Å². The molecule has 1 rings (SSSR count). The van der Waals surface area contributed by atoms with E-state index in [2.05, 4.69) is 6.92 Å². The molecule has 0 unspecified atom stereocenters. The van der Waals surface area contributed by atoms with E-state index in [0.29, 0.717) is 0 Å². The minimum atomic E-state index is -4.09. The zero-order chi connectivity index (χ0) is 14.1. The largest absolute Gasteiger partial charge is 0.356 e. The van der Waals surface area contributed by atoms with E-state index < -0.39 is 7.60 Å². The minimum absolute atomic E-state index is 0. The first-order valence-corrected chi connectivity index (χ1v) is 8.80. The molecule has 1 aromatic carbocycles. The monoisotopic (exact) mass is 426 g/mol. The number of aryl methyl sites for hydroxylation is 1. The van der Waals surface area contributed by atoms with Crippen molar-refractivity contribution in [3.63, 3.8) is 0 Å². The molecule has 2 N–H and O–H groups in total. The molecule has 5 heteroatoms. The zero-order valence-corrected chi connectivity index (χ0v) is 16.3. The van der Waals surface area contributed by atoms with E-state index in [1.54, 1.807) is 0 Å². The molecule has 0 aliphatic heterocycles. The molecule has 1 aromatic rings. The van der Waals surface area contributed by atoms with Crippen LogP contribution in [0, 0.1) is 40.8 Å². The fourth-order valence-electron chi connectivity index (χ4n) is 2.14. The molecular formula is C15H25NdO3P. The van der Waals surface area contributed by atoms with Crippen LogP contribution in [-0.4, -0.2) is 9.79 Å². The molecule has 3 nitrogen and oxygen atoms in total. The van der Waals surface area contributed by atoms with Crippen molar-refractivity contribution in [2.75, 3.05) is 0 Å². The third kappa shape index (κ3) is 8.89. The Labute approximate surface area is 155 Å². The van der Waals surface area contributed by atoms with Crippen molar-refractivity contribution >= 4 is 12.9 Å². The van der Waals surface area contributed by atoms with Crippen molar-refractivity contribution in [3.8, 4) is 0 Å². The summed E-state index contributed by atoms with van der Waals surface area (Å²) in [5.74, 6) is 0. The summed E-state index contributed by atoms with van der Waals surface area (Å²) in [5, 5.41) is 0.107.